The van der Waals surface area contributed by atoms with Gasteiger partial charge in [-0.2, -0.15) is 0 Å². The van der Waals surface area contributed by atoms with E-state index < -0.39 is 36.4 Å². The van der Waals surface area contributed by atoms with Gasteiger partial charge in [-0.15, -0.1) is 0 Å². The number of amides is 3. The Bertz CT molecular complexity index is 1470. The van der Waals surface area contributed by atoms with Crippen LogP contribution in [0.25, 0.3) is 0 Å². The van der Waals surface area contributed by atoms with E-state index in [1.807, 2.05) is 50.2 Å². The van der Waals surface area contributed by atoms with E-state index in [9.17, 15) is 19.2 Å². The van der Waals surface area contributed by atoms with Gasteiger partial charge in [-0.25, -0.2) is 4.79 Å². The number of nitrogens with one attached hydrogen (secondary N) is 1. The first-order valence-electron chi connectivity index (χ1n) is 14.6. The zero-order valence-electron chi connectivity index (χ0n) is 23.6. The first-order valence-corrected chi connectivity index (χ1v) is 15.4. The van der Waals surface area contributed by atoms with E-state index in [-0.39, 0.29) is 30.1 Å². The van der Waals surface area contributed by atoms with Crippen LogP contribution in [0.3, 0.4) is 0 Å². The van der Waals surface area contributed by atoms with E-state index in [4.69, 9.17) is 4.74 Å². The van der Waals surface area contributed by atoms with Gasteiger partial charge in [0.1, 0.15) is 6.04 Å². The fourth-order valence-electron chi connectivity index (χ4n) is 7.15. The summed E-state index contributed by atoms with van der Waals surface area (Å²) in [7, 11) is 0. The Labute approximate surface area is 253 Å². The number of carbonyl (C=O) groups excluding carboxylic acids is 4. The fraction of sp³-hybridized carbons (Fsp3) is 0.353. The van der Waals surface area contributed by atoms with Gasteiger partial charge in [0.15, 0.2) is 6.61 Å². The number of hydrogen-bond donors (Lipinski definition) is 1. The zero-order valence-corrected chi connectivity index (χ0v) is 25.2. The number of carbonyl (C=O) groups is 4. The molecule has 0 aromatic heterocycles. The number of aryl methyl sites for hydroxylation is 1. The standard InChI is InChI=1S/C34H33BrN2O5/c1-3-5-14-26(34(41)42-18-27(38)36-25-16-15-20(35)17-19(25)4-2)37-32(39)30-28-21-10-6-7-11-22(21)29(31(30)33(37)40)24-13-9-8-12-23(24)28/h6-13,15-17,26,28-31H,3-5,14,18H2,1-2H3,(H,36,38)/t26-,28?,29?,30-,31-/m1/s1. The number of imide groups is 1. The number of halogens is 1. The van der Waals surface area contributed by atoms with Crippen LogP contribution in [0, 0.1) is 11.8 Å². The van der Waals surface area contributed by atoms with Crippen LogP contribution in [0.15, 0.2) is 71.2 Å². The van der Waals surface area contributed by atoms with Crippen LogP contribution in [0.5, 0.6) is 0 Å². The van der Waals surface area contributed by atoms with E-state index in [2.05, 4.69) is 45.5 Å². The maximum atomic E-state index is 14.2. The topological polar surface area (TPSA) is 92.8 Å². The van der Waals surface area contributed by atoms with Gasteiger partial charge in [0.05, 0.1) is 11.8 Å². The number of nitrogens with zero attached hydrogens (tertiary/aromatic N) is 1. The predicted molar refractivity (Wildman–Crippen MR) is 162 cm³/mol. The second-order valence-electron chi connectivity index (χ2n) is 11.3. The molecule has 42 heavy (non-hydrogen) atoms. The Balaban J connectivity index is 1.25. The molecule has 1 fully saturated rings. The highest BCUT2D eigenvalue weighted by atomic mass is 79.9. The van der Waals surface area contributed by atoms with Crippen molar-refractivity contribution in [2.24, 2.45) is 11.8 Å². The van der Waals surface area contributed by atoms with E-state index in [1.165, 1.54) is 4.90 Å². The lowest BCUT2D eigenvalue weighted by molar-refractivity contribution is -0.160. The molecule has 3 aliphatic carbocycles. The van der Waals surface area contributed by atoms with Crippen molar-refractivity contribution >= 4 is 45.3 Å². The van der Waals surface area contributed by atoms with Gasteiger partial charge in [0.2, 0.25) is 11.8 Å². The maximum absolute atomic E-state index is 14.2. The van der Waals surface area contributed by atoms with Gasteiger partial charge in [-0.3, -0.25) is 19.3 Å². The summed E-state index contributed by atoms with van der Waals surface area (Å²) in [5.74, 6) is -3.50. The molecule has 3 aromatic carbocycles. The van der Waals surface area contributed by atoms with Crippen LogP contribution in [0.4, 0.5) is 5.69 Å². The van der Waals surface area contributed by atoms with Gasteiger partial charge in [0.25, 0.3) is 5.91 Å². The zero-order chi connectivity index (χ0) is 29.5. The number of anilines is 1. The van der Waals surface area contributed by atoms with Gasteiger partial charge in [0, 0.05) is 22.0 Å². The minimum atomic E-state index is -1.08. The van der Waals surface area contributed by atoms with Crippen LogP contribution < -0.4 is 5.32 Å². The molecule has 0 radical (unpaired) electrons. The number of likely N-dealkylation sites (tertiary alicyclic amines) is 1. The number of rotatable bonds is 9. The predicted octanol–water partition coefficient (Wildman–Crippen LogP) is 5.94. The number of benzene rings is 3. The summed E-state index contributed by atoms with van der Waals surface area (Å²) in [4.78, 5) is 55.8. The molecule has 0 spiro atoms. The van der Waals surface area contributed by atoms with Crippen LogP contribution in [0.1, 0.15) is 72.8 Å². The first-order chi connectivity index (χ1) is 20.3. The molecule has 4 aliphatic rings. The van der Waals surface area contributed by atoms with Crippen LogP contribution in [-0.2, 0) is 30.3 Å². The Morgan fingerprint density at radius 2 is 1.43 bits per heavy atom. The molecule has 8 heteroatoms. The van der Waals surface area contributed by atoms with Crippen molar-refractivity contribution in [1.82, 2.24) is 4.90 Å². The molecule has 1 heterocycles. The minimum absolute atomic E-state index is 0.249. The van der Waals surface area contributed by atoms with Crippen LogP contribution >= 0.6 is 15.9 Å². The molecule has 1 N–H and O–H groups in total. The minimum Gasteiger partial charge on any atom is -0.454 e. The highest BCUT2D eigenvalue weighted by Crippen LogP contribution is 2.61. The van der Waals surface area contributed by atoms with Gasteiger partial charge in [-0.05, 0) is 58.9 Å². The Hall–Kier alpha value is -3.78. The number of esters is 1. The lowest BCUT2D eigenvalue weighted by Crippen LogP contribution is -2.47. The van der Waals surface area contributed by atoms with Crippen molar-refractivity contribution < 1.29 is 23.9 Å². The van der Waals surface area contributed by atoms with Crippen LogP contribution in [0.2, 0.25) is 0 Å². The average molecular weight is 630 g/mol. The molecule has 3 aromatic rings. The molecule has 7 nitrogen and oxygen atoms in total. The quantitative estimate of drug-likeness (QED) is 0.234. The van der Waals surface area contributed by atoms with E-state index >= 15 is 0 Å². The van der Waals surface area contributed by atoms with Gasteiger partial charge >= 0.3 is 5.97 Å². The van der Waals surface area contributed by atoms with E-state index in [1.54, 1.807) is 6.07 Å². The molecule has 0 unspecified atom stereocenters. The van der Waals surface area contributed by atoms with Crippen molar-refractivity contribution in [1.29, 1.82) is 0 Å². The lowest BCUT2D eigenvalue weighted by atomic mass is 9.55. The average Bonchev–Trinajstić information content (AvgIpc) is 3.27. The van der Waals surface area contributed by atoms with E-state index in [0.29, 0.717) is 18.5 Å². The third kappa shape index (κ3) is 4.66. The summed E-state index contributed by atoms with van der Waals surface area (Å²) >= 11 is 3.44. The summed E-state index contributed by atoms with van der Waals surface area (Å²) < 4.78 is 6.39. The van der Waals surface area contributed by atoms with E-state index in [0.717, 1.165) is 38.7 Å². The summed E-state index contributed by atoms with van der Waals surface area (Å²) in [6.07, 6.45) is 2.41. The van der Waals surface area contributed by atoms with Crippen molar-refractivity contribution in [3.05, 3.63) is 99.0 Å². The van der Waals surface area contributed by atoms with Gasteiger partial charge < -0.3 is 10.1 Å². The first kappa shape index (κ1) is 28.3. The van der Waals surface area contributed by atoms with Crippen molar-refractivity contribution in [3.63, 3.8) is 0 Å². The molecule has 1 saturated heterocycles. The van der Waals surface area contributed by atoms with Crippen molar-refractivity contribution in [3.8, 4) is 0 Å². The Morgan fingerprint density at radius 1 is 0.881 bits per heavy atom. The second kappa shape index (κ2) is 11.5. The summed E-state index contributed by atoms with van der Waals surface area (Å²) in [5, 5.41) is 2.81. The fourth-order valence-corrected chi connectivity index (χ4v) is 7.56. The summed E-state index contributed by atoms with van der Waals surface area (Å²) in [6.45, 7) is 3.47. The third-order valence-corrected chi connectivity index (χ3v) is 9.46. The number of ether oxygens (including phenoxy) is 1. The molecule has 3 atom stereocenters. The normalized spacial score (nSPS) is 22.3. The monoisotopic (exact) mass is 628 g/mol. The SMILES string of the molecule is CCCC[C@H](C(=O)OCC(=O)Nc1ccc(Br)cc1CC)N1C(=O)[C@@H]2C3c4ccccc4C(c4ccccc43)[C@H]2C1=O. The molecule has 1 aliphatic heterocycles. The second-order valence-corrected chi connectivity index (χ2v) is 12.2. The smallest absolute Gasteiger partial charge is 0.329 e. The highest BCUT2D eigenvalue weighted by molar-refractivity contribution is 9.10. The molecular formula is C34H33BrN2O5. The van der Waals surface area contributed by atoms with Crippen molar-refractivity contribution in [2.75, 3.05) is 11.9 Å². The van der Waals surface area contributed by atoms with Crippen LogP contribution in [-0.4, -0.2) is 41.2 Å². The maximum Gasteiger partial charge on any atom is 0.329 e. The number of hydrogen-bond acceptors (Lipinski definition) is 5. The third-order valence-electron chi connectivity index (χ3n) is 8.97. The van der Waals surface area contributed by atoms with Crippen molar-refractivity contribution in [2.45, 2.75) is 57.4 Å². The van der Waals surface area contributed by atoms with Gasteiger partial charge in [-0.1, -0.05) is 91.1 Å². The highest BCUT2D eigenvalue weighted by Gasteiger charge is 2.63. The molecule has 216 valence electrons. The molecular weight excluding hydrogens is 596 g/mol. The Kier molecular flexibility index (Phi) is 7.75. The molecule has 0 saturated carbocycles. The summed E-state index contributed by atoms with van der Waals surface area (Å²) in [6, 6.07) is 20.6. The molecule has 3 amide bonds. The lowest BCUT2D eigenvalue weighted by Gasteiger charge is -2.45. The number of unbranched alkanes of at least 4 members (excludes halogenated alkanes) is 1. The molecule has 2 bridgehead atoms. The summed E-state index contributed by atoms with van der Waals surface area (Å²) in [5.41, 5.74) is 5.90. The Morgan fingerprint density at radius 3 is 1.93 bits per heavy atom. The largest absolute Gasteiger partial charge is 0.454 e. The molecule has 7 rings (SSSR count).